The molecule has 0 aliphatic carbocycles. The topological polar surface area (TPSA) is 93.0 Å². The molecule has 0 saturated carbocycles. The van der Waals surface area contributed by atoms with E-state index < -0.39 is 10.0 Å². The third-order valence-electron chi connectivity index (χ3n) is 6.09. The van der Waals surface area contributed by atoms with Gasteiger partial charge < -0.3 is 14.2 Å². The summed E-state index contributed by atoms with van der Waals surface area (Å²) in [6.45, 7) is 8.74. The predicted molar refractivity (Wildman–Crippen MR) is 127 cm³/mol. The Bertz CT molecular complexity index is 1290. The summed E-state index contributed by atoms with van der Waals surface area (Å²) >= 11 is 0. The standard InChI is InChI=1S/C25H29N3O5S/c1-17-6-9-21(10-7-17)34(30,31)28-13-11-27(12-14-28)25(29)24-22(20(4)33-26-24)16-32-23-15-18(2)5-8-19(23)3/h5-10,15H,11-14,16H2,1-4H3. The molecular formula is C25H29N3O5S. The van der Waals surface area contributed by atoms with E-state index in [1.165, 1.54) is 4.31 Å². The van der Waals surface area contributed by atoms with Crippen molar-refractivity contribution in [2.75, 3.05) is 26.2 Å². The molecule has 0 bridgehead atoms. The Kier molecular flexibility index (Phi) is 6.77. The lowest BCUT2D eigenvalue weighted by Crippen LogP contribution is -2.50. The zero-order valence-corrected chi connectivity index (χ0v) is 20.7. The van der Waals surface area contributed by atoms with Gasteiger partial charge in [0.15, 0.2) is 5.69 Å². The molecular weight excluding hydrogens is 454 g/mol. The Balaban J connectivity index is 1.43. The van der Waals surface area contributed by atoms with Crippen molar-refractivity contribution in [3.05, 3.63) is 76.2 Å². The Morgan fingerprint density at radius 2 is 1.62 bits per heavy atom. The second-order valence-corrected chi connectivity index (χ2v) is 10.6. The number of nitrogens with zero attached hydrogens (tertiary/aromatic N) is 3. The van der Waals surface area contributed by atoms with Gasteiger partial charge in [-0.05, 0) is 57.0 Å². The maximum absolute atomic E-state index is 13.2. The Morgan fingerprint density at radius 1 is 0.971 bits per heavy atom. The van der Waals surface area contributed by atoms with E-state index in [-0.39, 0.29) is 49.3 Å². The summed E-state index contributed by atoms with van der Waals surface area (Å²) in [5, 5.41) is 3.99. The van der Waals surface area contributed by atoms with E-state index >= 15 is 0 Å². The molecule has 180 valence electrons. The van der Waals surface area contributed by atoms with Crippen molar-refractivity contribution in [2.45, 2.75) is 39.2 Å². The summed E-state index contributed by atoms with van der Waals surface area (Å²) in [6.07, 6.45) is 0. The lowest BCUT2D eigenvalue weighted by molar-refractivity contribution is 0.0685. The first-order chi connectivity index (χ1) is 16.2. The van der Waals surface area contributed by atoms with Crippen LogP contribution in [0.15, 0.2) is 51.9 Å². The molecule has 8 nitrogen and oxygen atoms in total. The number of piperazine rings is 1. The second kappa shape index (κ2) is 9.60. The molecule has 4 rings (SSSR count). The maximum atomic E-state index is 13.2. The fourth-order valence-corrected chi connectivity index (χ4v) is 5.30. The van der Waals surface area contributed by atoms with E-state index in [0.29, 0.717) is 11.3 Å². The molecule has 0 spiro atoms. The molecule has 3 aromatic rings. The molecule has 0 unspecified atom stereocenters. The summed E-state index contributed by atoms with van der Waals surface area (Å²) in [7, 11) is -3.60. The van der Waals surface area contributed by atoms with Crippen LogP contribution >= 0.6 is 0 Å². The Labute approximate surface area is 200 Å². The number of aryl methyl sites for hydroxylation is 4. The van der Waals surface area contributed by atoms with Crippen molar-refractivity contribution < 1.29 is 22.5 Å². The number of rotatable bonds is 6. The minimum absolute atomic E-state index is 0.155. The summed E-state index contributed by atoms with van der Waals surface area (Å²) in [5.41, 5.74) is 3.88. The van der Waals surface area contributed by atoms with Crippen LogP contribution in [0, 0.1) is 27.7 Å². The highest BCUT2D eigenvalue weighted by Gasteiger charge is 2.32. The number of hydrogen-bond acceptors (Lipinski definition) is 6. The van der Waals surface area contributed by atoms with Gasteiger partial charge in [-0.15, -0.1) is 0 Å². The summed E-state index contributed by atoms with van der Waals surface area (Å²) in [5.74, 6) is 0.979. The van der Waals surface area contributed by atoms with Gasteiger partial charge in [0, 0.05) is 26.2 Å². The van der Waals surface area contributed by atoms with E-state index in [0.717, 1.165) is 22.4 Å². The van der Waals surface area contributed by atoms with Crippen molar-refractivity contribution in [3.63, 3.8) is 0 Å². The van der Waals surface area contributed by atoms with Gasteiger partial charge in [-0.1, -0.05) is 35.0 Å². The number of carbonyl (C=O) groups excluding carboxylic acids is 1. The first kappa shape index (κ1) is 24.0. The van der Waals surface area contributed by atoms with Gasteiger partial charge in [0.25, 0.3) is 5.91 Å². The van der Waals surface area contributed by atoms with Crippen LogP contribution < -0.4 is 4.74 Å². The van der Waals surface area contributed by atoms with Crippen LogP contribution in [0.25, 0.3) is 0 Å². The normalized spacial score (nSPS) is 14.9. The van der Waals surface area contributed by atoms with E-state index in [9.17, 15) is 13.2 Å². The molecule has 0 atom stereocenters. The molecule has 2 heterocycles. The van der Waals surface area contributed by atoms with E-state index in [1.54, 1.807) is 36.1 Å². The fraction of sp³-hybridized carbons (Fsp3) is 0.360. The molecule has 0 radical (unpaired) electrons. The number of carbonyl (C=O) groups is 1. The van der Waals surface area contributed by atoms with E-state index in [1.807, 2.05) is 39.0 Å². The van der Waals surface area contributed by atoms with Gasteiger partial charge in [0.1, 0.15) is 18.1 Å². The summed E-state index contributed by atoms with van der Waals surface area (Å²) < 4.78 is 38.6. The van der Waals surface area contributed by atoms with E-state index in [4.69, 9.17) is 9.26 Å². The van der Waals surface area contributed by atoms with Crippen LogP contribution in [0.5, 0.6) is 5.75 Å². The van der Waals surface area contributed by atoms with Crippen LogP contribution in [0.4, 0.5) is 0 Å². The average molecular weight is 484 g/mol. The lowest BCUT2D eigenvalue weighted by Gasteiger charge is -2.33. The summed E-state index contributed by atoms with van der Waals surface area (Å²) in [6, 6.07) is 12.7. The Morgan fingerprint density at radius 3 is 2.29 bits per heavy atom. The monoisotopic (exact) mass is 483 g/mol. The highest BCUT2D eigenvalue weighted by molar-refractivity contribution is 7.89. The maximum Gasteiger partial charge on any atom is 0.276 e. The first-order valence-electron chi connectivity index (χ1n) is 11.2. The molecule has 1 aliphatic heterocycles. The number of hydrogen-bond donors (Lipinski definition) is 0. The van der Waals surface area contributed by atoms with Gasteiger partial charge in [-0.2, -0.15) is 4.31 Å². The third-order valence-corrected chi connectivity index (χ3v) is 8.00. The van der Waals surface area contributed by atoms with Gasteiger partial charge in [-0.3, -0.25) is 4.79 Å². The summed E-state index contributed by atoms with van der Waals surface area (Å²) in [4.78, 5) is 15.1. The highest BCUT2D eigenvalue weighted by atomic mass is 32.2. The lowest BCUT2D eigenvalue weighted by atomic mass is 10.1. The largest absolute Gasteiger partial charge is 0.488 e. The van der Waals surface area contributed by atoms with E-state index in [2.05, 4.69) is 5.16 Å². The molecule has 1 aromatic heterocycles. The van der Waals surface area contributed by atoms with Gasteiger partial charge in [0.2, 0.25) is 10.0 Å². The molecule has 0 N–H and O–H groups in total. The molecule has 1 aliphatic rings. The molecule has 1 amide bonds. The van der Waals surface area contributed by atoms with Crippen LogP contribution in [-0.4, -0.2) is 54.9 Å². The molecule has 2 aromatic carbocycles. The minimum Gasteiger partial charge on any atom is -0.488 e. The average Bonchev–Trinajstić information content (AvgIpc) is 3.19. The van der Waals surface area contributed by atoms with Gasteiger partial charge in [-0.25, -0.2) is 8.42 Å². The second-order valence-electron chi connectivity index (χ2n) is 8.63. The van der Waals surface area contributed by atoms with Crippen LogP contribution in [-0.2, 0) is 16.6 Å². The molecule has 1 saturated heterocycles. The molecule has 34 heavy (non-hydrogen) atoms. The smallest absolute Gasteiger partial charge is 0.276 e. The number of ether oxygens (including phenoxy) is 1. The first-order valence-corrected chi connectivity index (χ1v) is 12.6. The number of benzene rings is 2. The third kappa shape index (κ3) is 4.85. The fourth-order valence-electron chi connectivity index (χ4n) is 3.88. The van der Waals surface area contributed by atoms with Crippen LogP contribution in [0.1, 0.15) is 38.5 Å². The van der Waals surface area contributed by atoms with Crippen molar-refractivity contribution in [3.8, 4) is 5.75 Å². The molecule has 9 heteroatoms. The highest BCUT2D eigenvalue weighted by Crippen LogP contribution is 2.24. The number of aromatic nitrogens is 1. The van der Waals surface area contributed by atoms with Gasteiger partial charge >= 0.3 is 0 Å². The quantitative estimate of drug-likeness (QED) is 0.532. The zero-order chi connectivity index (χ0) is 24.5. The minimum atomic E-state index is -3.60. The molecule has 1 fully saturated rings. The van der Waals surface area contributed by atoms with Crippen LogP contribution in [0.3, 0.4) is 0 Å². The van der Waals surface area contributed by atoms with Gasteiger partial charge in [0.05, 0.1) is 10.5 Å². The van der Waals surface area contributed by atoms with Crippen molar-refractivity contribution in [2.24, 2.45) is 0 Å². The van der Waals surface area contributed by atoms with Crippen molar-refractivity contribution >= 4 is 15.9 Å². The van der Waals surface area contributed by atoms with Crippen LogP contribution in [0.2, 0.25) is 0 Å². The SMILES string of the molecule is Cc1ccc(S(=O)(=O)N2CCN(C(=O)c3noc(C)c3COc3cc(C)ccc3C)CC2)cc1. The number of amides is 1. The number of sulfonamides is 1. The van der Waals surface area contributed by atoms with Crippen molar-refractivity contribution in [1.29, 1.82) is 0 Å². The Hall–Kier alpha value is -3.17. The zero-order valence-electron chi connectivity index (χ0n) is 19.9. The van der Waals surface area contributed by atoms with Crippen molar-refractivity contribution in [1.82, 2.24) is 14.4 Å². The predicted octanol–water partition coefficient (Wildman–Crippen LogP) is 3.63.